The van der Waals surface area contributed by atoms with Crippen LogP contribution >= 0.6 is 7.68 Å². The number of hydrogen-bond acceptors (Lipinski definition) is 5. The maximum Gasteiger partial charge on any atom is 0.345 e. The van der Waals surface area contributed by atoms with Crippen LogP contribution in [-0.2, 0) is 23.4 Å². The van der Waals surface area contributed by atoms with Gasteiger partial charge in [0, 0.05) is 5.57 Å². The third kappa shape index (κ3) is 4.94. The highest BCUT2D eigenvalue weighted by Crippen LogP contribution is 2.17. The van der Waals surface area contributed by atoms with Gasteiger partial charge < -0.3 is 9.47 Å². The van der Waals surface area contributed by atoms with Crippen molar-refractivity contribution in [1.29, 1.82) is 0 Å². The molecule has 0 aromatic heterocycles. The van der Waals surface area contributed by atoms with Gasteiger partial charge in [-0.2, -0.15) is 0 Å². The van der Waals surface area contributed by atoms with Gasteiger partial charge in [0.15, 0.2) is 5.85 Å². The van der Waals surface area contributed by atoms with Crippen LogP contribution in [-0.4, -0.2) is 18.1 Å². The molecule has 0 aromatic rings. The number of ether oxygens (including phenoxy) is 2. The van der Waals surface area contributed by atoms with E-state index in [1.165, 1.54) is 20.8 Å². The van der Waals surface area contributed by atoms with E-state index in [0.29, 0.717) is 0 Å². The maximum absolute atomic E-state index is 11.0. The Labute approximate surface area is 82.9 Å². The van der Waals surface area contributed by atoms with Crippen molar-refractivity contribution in [3.8, 4) is 0 Å². The molecule has 0 saturated heterocycles. The van der Waals surface area contributed by atoms with Gasteiger partial charge in [0.05, 0.1) is 0 Å². The topological polar surface area (TPSA) is 69.7 Å². The predicted molar refractivity (Wildman–Crippen MR) is 49.2 cm³/mol. The van der Waals surface area contributed by atoms with Crippen LogP contribution in [0.4, 0.5) is 0 Å². The molecule has 14 heavy (non-hydrogen) atoms. The summed E-state index contributed by atoms with van der Waals surface area (Å²) in [6, 6.07) is 0. The summed E-state index contributed by atoms with van der Waals surface area (Å²) in [5, 5.41) is 0. The van der Waals surface area contributed by atoms with E-state index in [2.05, 4.69) is 6.58 Å². The maximum atomic E-state index is 11.0. The van der Waals surface area contributed by atoms with Crippen molar-refractivity contribution in [2.45, 2.75) is 32.9 Å². The number of esters is 1. The van der Waals surface area contributed by atoms with Crippen LogP contribution < -0.4 is 0 Å². The summed E-state index contributed by atoms with van der Waals surface area (Å²) in [5.74, 6) is -1.58. The first-order valence-electron chi connectivity index (χ1n) is 4.00. The molecule has 2 unspecified atom stereocenters. The Hall–Kier alpha value is -0.930. The van der Waals surface area contributed by atoms with Crippen LogP contribution in [0.3, 0.4) is 0 Å². The largest absolute Gasteiger partial charge is 0.433 e. The molecule has 0 aliphatic heterocycles. The van der Waals surface area contributed by atoms with E-state index >= 15 is 0 Å². The van der Waals surface area contributed by atoms with E-state index in [9.17, 15) is 13.9 Å². The molecule has 0 radical (unpaired) electrons. The van der Waals surface area contributed by atoms with Crippen molar-refractivity contribution >= 4 is 13.6 Å². The normalized spacial score (nSPS) is 14.2. The molecule has 0 spiro atoms. The van der Waals surface area contributed by atoms with Crippen molar-refractivity contribution in [1.82, 2.24) is 0 Å². The highest BCUT2D eigenvalue weighted by molar-refractivity contribution is 7.31. The molecule has 80 valence electrons. The van der Waals surface area contributed by atoms with Crippen molar-refractivity contribution < 1.29 is 23.4 Å². The monoisotopic (exact) mass is 220 g/mol. The fraction of sp³-hybridized carbons (Fsp3) is 0.625. The minimum atomic E-state index is -2.67. The molecule has 0 saturated carbocycles. The summed E-state index contributed by atoms with van der Waals surface area (Å²) < 4.78 is 30.4. The second-order valence-corrected chi connectivity index (χ2v) is 4.07. The average molecular weight is 220 g/mol. The number of carbonyl (C=O) groups is 1. The van der Waals surface area contributed by atoms with Crippen LogP contribution in [0.25, 0.3) is 0 Å². The fourth-order valence-corrected chi connectivity index (χ4v) is 0.877. The molecule has 6 heteroatoms. The van der Waals surface area contributed by atoms with Gasteiger partial charge in [-0.3, -0.25) is 0 Å². The van der Waals surface area contributed by atoms with Crippen LogP contribution in [0.2, 0.25) is 0 Å². The summed E-state index contributed by atoms with van der Waals surface area (Å²) in [4.78, 5) is 11.0. The third-order valence-corrected chi connectivity index (χ3v) is 2.02. The molecule has 0 amide bonds. The van der Waals surface area contributed by atoms with Crippen LogP contribution in [0.5, 0.6) is 0 Å². The molecule has 0 aromatic carbocycles. The Kier molecular flexibility index (Phi) is 5.35. The summed E-state index contributed by atoms with van der Waals surface area (Å²) in [7, 11) is -2.67. The Balaban J connectivity index is 4.04. The van der Waals surface area contributed by atoms with Gasteiger partial charge in [-0.05, 0) is 20.8 Å². The molecule has 0 fully saturated rings. The SMILES string of the molecule is C=C(C)C(=O)OC(C)OC(C)P(=O)=O. The zero-order chi connectivity index (χ0) is 11.3. The van der Waals surface area contributed by atoms with Gasteiger partial charge in [-0.25, -0.2) is 13.9 Å². The van der Waals surface area contributed by atoms with Crippen molar-refractivity contribution in [2.24, 2.45) is 0 Å². The predicted octanol–water partition coefficient (Wildman–Crippen LogP) is 1.99. The third-order valence-electron chi connectivity index (χ3n) is 1.31. The molecule has 0 bridgehead atoms. The Morgan fingerprint density at radius 3 is 2.21 bits per heavy atom. The van der Waals surface area contributed by atoms with Crippen LogP contribution in [0, 0.1) is 0 Å². The number of hydrogen-bond donors (Lipinski definition) is 0. The van der Waals surface area contributed by atoms with Gasteiger partial charge in [-0.1, -0.05) is 6.58 Å². The molecular formula is C8H13O5P. The Morgan fingerprint density at radius 1 is 1.36 bits per heavy atom. The van der Waals surface area contributed by atoms with Gasteiger partial charge in [0.25, 0.3) is 0 Å². The zero-order valence-electron chi connectivity index (χ0n) is 8.35. The molecule has 0 aliphatic rings. The first-order valence-corrected chi connectivity index (χ1v) is 5.24. The smallest absolute Gasteiger partial charge is 0.345 e. The molecule has 5 nitrogen and oxygen atoms in total. The molecule has 2 atom stereocenters. The summed E-state index contributed by atoms with van der Waals surface area (Å²) >= 11 is 0. The van der Waals surface area contributed by atoms with E-state index < -0.39 is 25.8 Å². The van der Waals surface area contributed by atoms with E-state index in [1.54, 1.807) is 0 Å². The van der Waals surface area contributed by atoms with Crippen molar-refractivity contribution in [3.63, 3.8) is 0 Å². The minimum absolute atomic E-state index is 0.236. The summed E-state index contributed by atoms with van der Waals surface area (Å²) in [6.07, 6.45) is -0.901. The van der Waals surface area contributed by atoms with Gasteiger partial charge in [0.1, 0.15) is 0 Å². The highest BCUT2D eigenvalue weighted by Gasteiger charge is 2.16. The molecule has 0 aliphatic carbocycles. The molecule has 0 N–H and O–H groups in total. The van der Waals surface area contributed by atoms with E-state index in [4.69, 9.17) is 9.47 Å². The van der Waals surface area contributed by atoms with E-state index in [0.717, 1.165) is 0 Å². The lowest BCUT2D eigenvalue weighted by Gasteiger charge is -2.14. The second kappa shape index (κ2) is 5.73. The Morgan fingerprint density at radius 2 is 1.86 bits per heavy atom. The lowest BCUT2D eigenvalue weighted by atomic mass is 10.4. The fourth-order valence-electron chi connectivity index (χ4n) is 0.606. The van der Waals surface area contributed by atoms with E-state index in [-0.39, 0.29) is 5.57 Å². The zero-order valence-corrected chi connectivity index (χ0v) is 9.24. The first-order chi connectivity index (χ1) is 6.34. The molecule has 0 rings (SSSR count). The number of rotatable bonds is 5. The van der Waals surface area contributed by atoms with E-state index in [1.807, 2.05) is 0 Å². The summed E-state index contributed by atoms with van der Waals surface area (Å²) in [5.41, 5.74) is 0.236. The number of carbonyl (C=O) groups excluding carboxylic acids is 1. The van der Waals surface area contributed by atoms with Gasteiger partial charge in [0.2, 0.25) is 6.29 Å². The molecular weight excluding hydrogens is 207 g/mol. The minimum Gasteiger partial charge on any atom is -0.433 e. The average Bonchev–Trinajstić information content (AvgIpc) is 2.03. The lowest BCUT2D eigenvalue weighted by molar-refractivity contribution is -0.172. The summed E-state index contributed by atoms with van der Waals surface area (Å²) in [6.45, 7) is 7.66. The van der Waals surface area contributed by atoms with Crippen LogP contribution in [0.1, 0.15) is 20.8 Å². The second-order valence-electron chi connectivity index (χ2n) is 2.77. The van der Waals surface area contributed by atoms with Gasteiger partial charge in [-0.15, -0.1) is 0 Å². The quantitative estimate of drug-likeness (QED) is 0.306. The Bertz CT molecular complexity index is 286. The highest BCUT2D eigenvalue weighted by atomic mass is 31.1. The molecule has 0 heterocycles. The van der Waals surface area contributed by atoms with Crippen molar-refractivity contribution in [2.75, 3.05) is 0 Å². The lowest BCUT2D eigenvalue weighted by Crippen LogP contribution is -2.21. The first kappa shape index (κ1) is 13.1. The van der Waals surface area contributed by atoms with Gasteiger partial charge >= 0.3 is 13.6 Å². The van der Waals surface area contributed by atoms with Crippen LogP contribution in [0.15, 0.2) is 12.2 Å². The standard InChI is InChI=1S/C8H13O5P/c1-5(2)8(9)13-6(3)12-7(4)14(10)11/h6-7H,1H2,2-4H3. The van der Waals surface area contributed by atoms with Crippen molar-refractivity contribution in [3.05, 3.63) is 12.2 Å².